The highest BCUT2D eigenvalue weighted by Crippen LogP contribution is 2.18. The molecule has 0 saturated heterocycles. The van der Waals surface area contributed by atoms with Gasteiger partial charge in [0, 0.05) is 34.2 Å². The van der Waals surface area contributed by atoms with Crippen molar-refractivity contribution in [1.29, 1.82) is 0 Å². The Hall–Kier alpha value is -1.08. The minimum absolute atomic E-state index is 0. The number of rotatable bonds is 6. The minimum Gasteiger partial charge on any atom is -0.356 e. The van der Waals surface area contributed by atoms with Gasteiger partial charge in [-0.15, -0.1) is 24.0 Å². The number of nitrogens with zero attached hydrogens (tertiary/aromatic N) is 2. The van der Waals surface area contributed by atoms with Gasteiger partial charge in [0.25, 0.3) is 0 Å². The molecule has 0 aromatic heterocycles. The Morgan fingerprint density at radius 2 is 1.72 bits per heavy atom. The molecular formula is C14H22F3IN4O2S. The molecule has 0 aliphatic carbocycles. The summed E-state index contributed by atoms with van der Waals surface area (Å²) in [6.07, 6.45) is -5.18. The van der Waals surface area contributed by atoms with Crippen molar-refractivity contribution < 1.29 is 21.6 Å². The molecule has 1 aromatic carbocycles. The maximum absolute atomic E-state index is 12.1. The quantitative estimate of drug-likeness (QED) is 0.362. The molecule has 6 nitrogen and oxygen atoms in total. The second-order valence-corrected chi connectivity index (χ2v) is 7.30. The molecule has 0 fully saturated rings. The summed E-state index contributed by atoms with van der Waals surface area (Å²) in [5.74, 6) is 0.240. The third kappa shape index (κ3) is 8.23. The maximum atomic E-state index is 12.1. The molecular weight excluding hydrogens is 472 g/mol. The normalized spacial score (nSPS) is 12.7. The van der Waals surface area contributed by atoms with Crippen LogP contribution in [0.15, 0.2) is 34.2 Å². The molecule has 0 saturated carbocycles. The van der Waals surface area contributed by atoms with Crippen molar-refractivity contribution >= 4 is 40.0 Å². The first-order chi connectivity index (χ1) is 11.1. The van der Waals surface area contributed by atoms with E-state index >= 15 is 0 Å². The molecule has 0 radical (unpaired) electrons. The van der Waals surface area contributed by atoms with Crippen molar-refractivity contribution in [2.45, 2.75) is 24.0 Å². The summed E-state index contributed by atoms with van der Waals surface area (Å²) < 4.78 is 61.3. The number of hydrogen-bond acceptors (Lipinski definition) is 3. The van der Waals surface area contributed by atoms with Crippen LogP contribution in [0.1, 0.15) is 12.0 Å². The van der Waals surface area contributed by atoms with E-state index in [1.165, 1.54) is 33.3 Å². The third-order valence-electron chi connectivity index (χ3n) is 3.09. The number of alkyl halides is 3. The number of hydrogen-bond donors (Lipinski definition) is 2. The summed E-state index contributed by atoms with van der Waals surface area (Å²) in [7, 11) is 0.860. The summed E-state index contributed by atoms with van der Waals surface area (Å²) in [5.41, 5.74) is 0.770. The van der Waals surface area contributed by atoms with Crippen LogP contribution in [0.3, 0.4) is 0 Å². The fourth-order valence-electron chi connectivity index (χ4n) is 1.72. The molecule has 0 aliphatic rings. The van der Waals surface area contributed by atoms with E-state index in [-0.39, 0.29) is 41.4 Å². The lowest BCUT2D eigenvalue weighted by Crippen LogP contribution is -2.38. The molecule has 11 heteroatoms. The molecule has 0 heterocycles. The lowest BCUT2D eigenvalue weighted by molar-refractivity contribution is -0.132. The predicted octanol–water partition coefficient (Wildman–Crippen LogP) is 2.17. The van der Waals surface area contributed by atoms with Crippen LogP contribution in [0.5, 0.6) is 0 Å². The summed E-state index contributed by atoms with van der Waals surface area (Å²) in [6.45, 7) is 0.0250. The van der Waals surface area contributed by atoms with Crippen LogP contribution in [-0.4, -0.2) is 52.5 Å². The third-order valence-corrected chi connectivity index (χ3v) is 4.92. The van der Waals surface area contributed by atoms with E-state index in [0.29, 0.717) is 6.54 Å². The summed E-state index contributed by atoms with van der Waals surface area (Å²) >= 11 is 0. The van der Waals surface area contributed by atoms with Gasteiger partial charge in [0.2, 0.25) is 10.0 Å². The molecule has 1 aromatic rings. The van der Waals surface area contributed by atoms with E-state index in [0.717, 1.165) is 9.87 Å². The molecule has 25 heavy (non-hydrogen) atoms. The number of guanidine groups is 1. The van der Waals surface area contributed by atoms with Gasteiger partial charge in [-0.2, -0.15) is 13.2 Å². The Morgan fingerprint density at radius 3 is 2.16 bits per heavy atom. The van der Waals surface area contributed by atoms with Gasteiger partial charge in [0.15, 0.2) is 5.96 Å². The Morgan fingerprint density at radius 1 is 1.16 bits per heavy atom. The average molecular weight is 494 g/mol. The van der Waals surface area contributed by atoms with Crippen LogP contribution < -0.4 is 10.6 Å². The van der Waals surface area contributed by atoms with Gasteiger partial charge in [-0.05, 0) is 17.7 Å². The molecule has 0 unspecified atom stereocenters. The minimum atomic E-state index is -4.22. The zero-order valence-corrected chi connectivity index (χ0v) is 17.2. The van der Waals surface area contributed by atoms with Crippen LogP contribution in [0.25, 0.3) is 0 Å². The van der Waals surface area contributed by atoms with E-state index in [2.05, 4.69) is 15.6 Å². The van der Waals surface area contributed by atoms with Crippen LogP contribution in [0.4, 0.5) is 13.2 Å². The number of nitrogens with one attached hydrogen (secondary N) is 2. The Labute approximate surface area is 163 Å². The molecule has 0 spiro atoms. The van der Waals surface area contributed by atoms with Crippen molar-refractivity contribution in [3.8, 4) is 0 Å². The first-order valence-electron chi connectivity index (χ1n) is 7.09. The van der Waals surface area contributed by atoms with E-state index in [1.807, 2.05) is 0 Å². The monoisotopic (exact) mass is 494 g/mol. The van der Waals surface area contributed by atoms with Gasteiger partial charge < -0.3 is 10.6 Å². The van der Waals surface area contributed by atoms with Crippen molar-refractivity contribution in [2.24, 2.45) is 4.99 Å². The molecule has 1 rings (SSSR count). The smallest absolute Gasteiger partial charge is 0.356 e. The fourth-order valence-corrected chi connectivity index (χ4v) is 2.62. The number of sulfonamides is 1. The maximum Gasteiger partial charge on any atom is 0.390 e. The lowest BCUT2D eigenvalue weighted by atomic mass is 10.2. The topological polar surface area (TPSA) is 73.8 Å². The number of halogens is 4. The molecule has 144 valence electrons. The Bertz CT molecular complexity index is 662. The van der Waals surface area contributed by atoms with Gasteiger partial charge >= 0.3 is 6.18 Å². The highest BCUT2D eigenvalue weighted by atomic mass is 127. The van der Waals surface area contributed by atoms with Gasteiger partial charge in [-0.1, -0.05) is 12.1 Å². The van der Waals surface area contributed by atoms with E-state index in [4.69, 9.17) is 0 Å². The summed E-state index contributed by atoms with van der Waals surface area (Å²) in [5, 5.41) is 5.43. The molecule has 0 aliphatic heterocycles. The molecule has 0 amide bonds. The second kappa shape index (κ2) is 10.2. The van der Waals surface area contributed by atoms with E-state index in [1.54, 1.807) is 12.1 Å². The zero-order valence-electron chi connectivity index (χ0n) is 14.1. The van der Waals surface area contributed by atoms with Crippen molar-refractivity contribution in [1.82, 2.24) is 14.9 Å². The summed E-state index contributed by atoms with van der Waals surface area (Å²) in [4.78, 5) is 4.00. The molecule has 2 N–H and O–H groups in total. The largest absolute Gasteiger partial charge is 0.390 e. The molecule has 0 bridgehead atoms. The van der Waals surface area contributed by atoms with Crippen LogP contribution in [0, 0.1) is 0 Å². The Kier molecular flexibility index (Phi) is 9.72. The molecule has 0 atom stereocenters. The van der Waals surface area contributed by atoms with Crippen molar-refractivity contribution in [2.75, 3.05) is 27.7 Å². The fraction of sp³-hybridized carbons (Fsp3) is 0.500. The first kappa shape index (κ1) is 23.9. The standard InChI is InChI=1S/C14H21F3N4O2S.HI/c1-18-13(19-9-8-14(15,16)17)20-10-11-4-6-12(7-5-11)24(22,23)21(2)3;/h4-7H,8-10H2,1-3H3,(H2,18,19,20);1H. The predicted molar refractivity (Wildman–Crippen MR) is 102 cm³/mol. The van der Waals surface area contributed by atoms with Crippen molar-refractivity contribution in [3.05, 3.63) is 29.8 Å². The Balaban J connectivity index is 0.00000576. The van der Waals surface area contributed by atoms with Crippen LogP contribution in [-0.2, 0) is 16.6 Å². The highest BCUT2D eigenvalue weighted by Gasteiger charge is 2.26. The first-order valence-corrected chi connectivity index (χ1v) is 8.53. The second-order valence-electron chi connectivity index (χ2n) is 5.15. The lowest BCUT2D eigenvalue weighted by Gasteiger charge is -2.14. The van der Waals surface area contributed by atoms with Crippen LogP contribution >= 0.6 is 24.0 Å². The van der Waals surface area contributed by atoms with Gasteiger partial charge in [0.1, 0.15) is 0 Å². The van der Waals surface area contributed by atoms with Crippen LogP contribution in [0.2, 0.25) is 0 Å². The zero-order chi connectivity index (χ0) is 18.4. The van der Waals surface area contributed by atoms with Gasteiger partial charge in [-0.3, -0.25) is 4.99 Å². The van der Waals surface area contributed by atoms with Gasteiger partial charge in [-0.25, -0.2) is 12.7 Å². The summed E-state index contributed by atoms with van der Waals surface area (Å²) in [6, 6.07) is 6.22. The van der Waals surface area contributed by atoms with Crippen molar-refractivity contribution in [3.63, 3.8) is 0 Å². The number of benzene rings is 1. The SMILES string of the molecule is CN=C(NCCC(F)(F)F)NCc1ccc(S(=O)(=O)N(C)C)cc1.I. The highest BCUT2D eigenvalue weighted by molar-refractivity contribution is 14.0. The van der Waals surface area contributed by atoms with Gasteiger partial charge in [0.05, 0.1) is 11.3 Å². The number of aliphatic imine (C=N–C) groups is 1. The van der Waals surface area contributed by atoms with E-state index in [9.17, 15) is 21.6 Å². The van der Waals surface area contributed by atoms with E-state index < -0.39 is 22.6 Å². The average Bonchev–Trinajstić information content (AvgIpc) is 2.49.